The second-order valence-corrected chi connectivity index (χ2v) is 7.55. The highest BCUT2D eigenvalue weighted by atomic mass is 35.5. The predicted molar refractivity (Wildman–Crippen MR) is 114 cm³/mol. The van der Waals surface area contributed by atoms with Crippen LogP contribution < -0.4 is 5.32 Å². The van der Waals surface area contributed by atoms with Crippen LogP contribution in [-0.4, -0.2) is 17.7 Å². The Labute approximate surface area is 178 Å². The number of ether oxygens (including phenoxy) is 1. The highest BCUT2D eigenvalue weighted by Gasteiger charge is 2.28. The molecule has 0 fully saturated rings. The SMILES string of the molecule is CC(=O)c1cccc(NC(=O)c2ccc3c(c2)C[C@H](c2ccc(Cl)cc2)OC3=O)c1. The molecule has 0 aliphatic carbocycles. The number of rotatable bonds is 4. The van der Waals surface area contributed by atoms with Crippen molar-refractivity contribution in [2.75, 3.05) is 5.32 Å². The van der Waals surface area contributed by atoms with Gasteiger partial charge >= 0.3 is 5.97 Å². The maximum Gasteiger partial charge on any atom is 0.339 e. The Morgan fingerprint density at radius 1 is 1.00 bits per heavy atom. The molecule has 30 heavy (non-hydrogen) atoms. The fourth-order valence-corrected chi connectivity index (χ4v) is 3.55. The maximum atomic E-state index is 12.7. The smallest absolute Gasteiger partial charge is 0.339 e. The molecule has 1 aliphatic heterocycles. The summed E-state index contributed by atoms with van der Waals surface area (Å²) in [5, 5.41) is 3.40. The highest BCUT2D eigenvalue weighted by Crippen LogP contribution is 2.31. The van der Waals surface area contributed by atoms with E-state index in [1.165, 1.54) is 6.92 Å². The van der Waals surface area contributed by atoms with Gasteiger partial charge in [0.05, 0.1) is 5.56 Å². The molecule has 3 aromatic carbocycles. The van der Waals surface area contributed by atoms with E-state index >= 15 is 0 Å². The van der Waals surface area contributed by atoms with E-state index in [0.29, 0.717) is 33.8 Å². The van der Waals surface area contributed by atoms with E-state index in [1.807, 2.05) is 12.1 Å². The predicted octanol–water partition coefficient (Wildman–Crippen LogP) is 5.25. The van der Waals surface area contributed by atoms with E-state index in [0.717, 1.165) is 11.1 Å². The number of cyclic esters (lactones) is 1. The first kappa shape index (κ1) is 19.9. The lowest BCUT2D eigenvalue weighted by Gasteiger charge is -2.25. The number of esters is 1. The van der Waals surface area contributed by atoms with Crippen molar-refractivity contribution in [1.29, 1.82) is 0 Å². The summed E-state index contributed by atoms with van der Waals surface area (Å²) >= 11 is 5.94. The van der Waals surface area contributed by atoms with Crippen molar-refractivity contribution in [1.82, 2.24) is 0 Å². The van der Waals surface area contributed by atoms with Crippen molar-refractivity contribution in [3.63, 3.8) is 0 Å². The number of carbonyl (C=O) groups is 3. The van der Waals surface area contributed by atoms with Crippen molar-refractivity contribution < 1.29 is 19.1 Å². The lowest BCUT2D eigenvalue weighted by molar-refractivity contribution is 0.0252. The van der Waals surface area contributed by atoms with Gasteiger partial charge in [-0.25, -0.2) is 4.79 Å². The molecule has 0 spiro atoms. The first-order valence-corrected chi connectivity index (χ1v) is 9.80. The van der Waals surface area contributed by atoms with Crippen molar-refractivity contribution in [3.05, 3.63) is 99.6 Å². The second kappa shape index (κ2) is 8.13. The van der Waals surface area contributed by atoms with Crippen molar-refractivity contribution in [2.45, 2.75) is 19.4 Å². The summed E-state index contributed by atoms with van der Waals surface area (Å²) in [5.41, 5.74) is 3.52. The van der Waals surface area contributed by atoms with Gasteiger partial charge in [-0.05, 0) is 60.5 Å². The maximum absolute atomic E-state index is 12.7. The molecule has 6 heteroatoms. The summed E-state index contributed by atoms with van der Waals surface area (Å²) < 4.78 is 5.56. The number of halogens is 1. The lowest BCUT2D eigenvalue weighted by Crippen LogP contribution is -2.23. The largest absolute Gasteiger partial charge is 0.454 e. The first-order valence-electron chi connectivity index (χ1n) is 9.42. The fourth-order valence-electron chi connectivity index (χ4n) is 3.42. The molecule has 0 unspecified atom stereocenters. The first-order chi connectivity index (χ1) is 14.4. The minimum atomic E-state index is -0.437. The molecule has 0 saturated heterocycles. The van der Waals surface area contributed by atoms with Crippen LogP contribution in [0.15, 0.2) is 66.7 Å². The summed E-state index contributed by atoms with van der Waals surface area (Å²) in [6.45, 7) is 1.47. The van der Waals surface area contributed by atoms with Gasteiger partial charge < -0.3 is 10.1 Å². The normalized spacial score (nSPS) is 15.1. The number of nitrogens with one attached hydrogen (secondary N) is 1. The zero-order valence-electron chi connectivity index (χ0n) is 16.1. The number of carbonyl (C=O) groups excluding carboxylic acids is 3. The molecule has 4 rings (SSSR count). The molecular weight excluding hydrogens is 402 g/mol. The number of benzene rings is 3. The van der Waals surface area contributed by atoms with Crippen LogP contribution in [0.25, 0.3) is 0 Å². The molecule has 1 atom stereocenters. The molecule has 1 amide bonds. The van der Waals surface area contributed by atoms with Crippen LogP contribution in [0.4, 0.5) is 5.69 Å². The van der Waals surface area contributed by atoms with Crippen LogP contribution >= 0.6 is 11.6 Å². The Morgan fingerprint density at radius 2 is 1.77 bits per heavy atom. The molecule has 0 bridgehead atoms. The van der Waals surface area contributed by atoms with Crippen LogP contribution in [0.3, 0.4) is 0 Å². The fraction of sp³-hybridized carbons (Fsp3) is 0.125. The Morgan fingerprint density at radius 3 is 2.50 bits per heavy atom. The van der Waals surface area contributed by atoms with Gasteiger partial charge in [0.25, 0.3) is 5.91 Å². The van der Waals surface area contributed by atoms with Crippen LogP contribution in [0.1, 0.15) is 55.2 Å². The van der Waals surface area contributed by atoms with Crippen LogP contribution in [0.5, 0.6) is 0 Å². The van der Waals surface area contributed by atoms with Gasteiger partial charge in [0, 0.05) is 28.3 Å². The molecular formula is C24H18ClNO4. The third-order valence-electron chi connectivity index (χ3n) is 5.01. The van der Waals surface area contributed by atoms with E-state index in [9.17, 15) is 14.4 Å². The van der Waals surface area contributed by atoms with Gasteiger partial charge in [0.1, 0.15) is 6.10 Å². The van der Waals surface area contributed by atoms with Crippen molar-refractivity contribution in [3.8, 4) is 0 Å². The van der Waals surface area contributed by atoms with E-state index in [4.69, 9.17) is 16.3 Å². The lowest BCUT2D eigenvalue weighted by atomic mass is 9.93. The number of hydrogen-bond donors (Lipinski definition) is 1. The summed E-state index contributed by atoms with van der Waals surface area (Å²) in [5.74, 6) is -0.815. The number of fused-ring (bicyclic) bond motifs is 1. The summed E-state index contributed by atoms with van der Waals surface area (Å²) in [6, 6.07) is 18.8. The molecule has 1 heterocycles. The summed E-state index contributed by atoms with van der Waals surface area (Å²) in [4.78, 5) is 36.7. The number of hydrogen-bond acceptors (Lipinski definition) is 4. The zero-order chi connectivity index (χ0) is 21.3. The molecule has 5 nitrogen and oxygen atoms in total. The molecule has 1 aliphatic rings. The highest BCUT2D eigenvalue weighted by molar-refractivity contribution is 6.30. The quantitative estimate of drug-likeness (QED) is 0.463. The van der Waals surface area contributed by atoms with Crippen molar-refractivity contribution in [2.24, 2.45) is 0 Å². The monoisotopic (exact) mass is 419 g/mol. The minimum absolute atomic E-state index is 0.0772. The van der Waals surface area contributed by atoms with E-state index in [2.05, 4.69) is 5.32 Å². The topological polar surface area (TPSA) is 72.5 Å². The van der Waals surface area contributed by atoms with Gasteiger partial charge in [-0.15, -0.1) is 0 Å². The molecule has 150 valence electrons. The number of Topliss-reactive ketones (excluding diaryl/α,β-unsaturated/α-hetero) is 1. The number of ketones is 1. The standard InChI is InChI=1S/C24H18ClNO4/c1-14(27)16-3-2-4-20(12-16)26-23(28)17-7-10-21-18(11-17)13-22(30-24(21)29)15-5-8-19(25)9-6-15/h2-12,22H,13H2,1H3,(H,26,28)/t22-/m1/s1. The molecule has 3 aromatic rings. The summed E-state index contributed by atoms with van der Waals surface area (Å²) in [7, 11) is 0. The molecule has 0 saturated carbocycles. The van der Waals surface area contributed by atoms with Gasteiger partial charge in [0.2, 0.25) is 0 Å². The van der Waals surface area contributed by atoms with E-state index in [1.54, 1.807) is 54.6 Å². The van der Waals surface area contributed by atoms with Gasteiger partial charge in [-0.2, -0.15) is 0 Å². The molecule has 0 aromatic heterocycles. The Bertz CT molecular complexity index is 1150. The Kier molecular flexibility index (Phi) is 5.38. The summed E-state index contributed by atoms with van der Waals surface area (Å²) in [6.07, 6.45) is 0.0248. The Balaban J connectivity index is 1.57. The number of amides is 1. The van der Waals surface area contributed by atoms with E-state index in [-0.39, 0.29) is 11.7 Å². The van der Waals surface area contributed by atoms with Crippen molar-refractivity contribution >= 4 is 34.9 Å². The van der Waals surface area contributed by atoms with Gasteiger partial charge in [-0.1, -0.05) is 35.9 Å². The minimum Gasteiger partial charge on any atom is -0.454 e. The Hall–Kier alpha value is -3.44. The third kappa shape index (κ3) is 4.11. The third-order valence-corrected chi connectivity index (χ3v) is 5.26. The number of anilines is 1. The van der Waals surface area contributed by atoms with Gasteiger partial charge in [0.15, 0.2) is 5.78 Å². The average molecular weight is 420 g/mol. The second-order valence-electron chi connectivity index (χ2n) is 7.11. The van der Waals surface area contributed by atoms with Crippen LogP contribution in [0.2, 0.25) is 5.02 Å². The van der Waals surface area contributed by atoms with Crippen LogP contribution in [-0.2, 0) is 11.2 Å². The van der Waals surface area contributed by atoms with E-state index < -0.39 is 12.1 Å². The molecule has 1 N–H and O–H groups in total. The van der Waals surface area contributed by atoms with Crippen LogP contribution in [0, 0.1) is 0 Å². The van der Waals surface area contributed by atoms with Gasteiger partial charge in [-0.3, -0.25) is 9.59 Å². The average Bonchev–Trinajstić information content (AvgIpc) is 2.74. The molecule has 0 radical (unpaired) electrons. The zero-order valence-corrected chi connectivity index (χ0v) is 16.9.